The number of nitrogen functional groups attached to an aromatic ring is 1. The van der Waals surface area contributed by atoms with Crippen LogP contribution in [0.2, 0.25) is 0 Å². The van der Waals surface area contributed by atoms with E-state index >= 15 is 0 Å². The summed E-state index contributed by atoms with van der Waals surface area (Å²) in [5.74, 6) is 0.547. The molecule has 0 radical (unpaired) electrons. The van der Waals surface area contributed by atoms with Crippen molar-refractivity contribution < 1.29 is 0 Å². The first-order chi connectivity index (χ1) is 9.31. The monoisotopic (exact) mass is 247 g/mol. The molecular weight excluding hydrogens is 234 g/mol. The van der Waals surface area contributed by atoms with Gasteiger partial charge in [0.15, 0.2) is 0 Å². The van der Waals surface area contributed by atoms with Crippen LogP contribution in [0.4, 0.5) is 5.82 Å². The summed E-state index contributed by atoms with van der Waals surface area (Å²) in [6.07, 6.45) is 7.70. The zero-order valence-corrected chi connectivity index (χ0v) is 10.3. The summed E-state index contributed by atoms with van der Waals surface area (Å²) >= 11 is 0. The van der Waals surface area contributed by atoms with E-state index in [1.54, 1.807) is 6.20 Å². The minimum atomic E-state index is 0.547. The number of fused-ring (bicyclic) bond motifs is 1. The average Bonchev–Trinajstić information content (AvgIpc) is 2.46. The van der Waals surface area contributed by atoms with E-state index in [2.05, 4.69) is 22.1 Å². The van der Waals surface area contributed by atoms with E-state index in [0.29, 0.717) is 5.82 Å². The van der Waals surface area contributed by atoms with Crippen LogP contribution in [0.25, 0.3) is 23.1 Å². The highest BCUT2D eigenvalue weighted by atomic mass is 14.8. The Morgan fingerprint density at radius 1 is 0.947 bits per heavy atom. The van der Waals surface area contributed by atoms with Crippen molar-refractivity contribution in [3.05, 3.63) is 66.0 Å². The first-order valence-corrected chi connectivity index (χ1v) is 6.06. The second-order valence-electron chi connectivity index (χ2n) is 4.31. The highest BCUT2D eigenvalue weighted by Crippen LogP contribution is 2.17. The van der Waals surface area contributed by atoms with Crippen LogP contribution in [0.15, 0.2) is 54.9 Å². The third-order valence-corrected chi connectivity index (χ3v) is 2.89. The number of pyridine rings is 2. The van der Waals surface area contributed by atoms with Crippen LogP contribution in [0, 0.1) is 0 Å². The molecule has 0 aliphatic rings. The van der Waals surface area contributed by atoms with Crippen LogP contribution >= 0.6 is 0 Å². The molecular formula is C16H13N3. The molecule has 0 amide bonds. The minimum Gasteiger partial charge on any atom is -0.384 e. The average molecular weight is 247 g/mol. The number of benzene rings is 1. The number of rotatable bonds is 2. The minimum absolute atomic E-state index is 0.547. The van der Waals surface area contributed by atoms with E-state index in [1.165, 1.54) is 0 Å². The lowest BCUT2D eigenvalue weighted by atomic mass is 10.1. The van der Waals surface area contributed by atoms with Gasteiger partial charge in [-0.1, -0.05) is 24.3 Å². The van der Waals surface area contributed by atoms with Crippen molar-refractivity contribution in [1.82, 2.24) is 9.97 Å². The van der Waals surface area contributed by atoms with Crippen molar-refractivity contribution in [1.29, 1.82) is 0 Å². The molecule has 0 bridgehead atoms. The third kappa shape index (κ3) is 2.60. The Bertz CT molecular complexity index is 733. The van der Waals surface area contributed by atoms with Crippen molar-refractivity contribution >= 4 is 28.9 Å². The maximum atomic E-state index is 5.66. The molecule has 0 aliphatic carbocycles. The fourth-order valence-corrected chi connectivity index (χ4v) is 1.93. The summed E-state index contributed by atoms with van der Waals surface area (Å²) in [5.41, 5.74) is 8.79. The number of anilines is 1. The summed E-state index contributed by atoms with van der Waals surface area (Å²) in [4.78, 5) is 8.36. The van der Waals surface area contributed by atoms with Gasteiger partial charge in [-0.05, 0) is 41.5 Å². The molecule has 2 N–H and O–H groups in total. The van der Waals surface area contributed by atoms with Gasteiger partial charge in [-0.3, -0.25) is 4.98 Å². The zero-order valence-electron chi connectivity index (χ0n) is 10.3. The predicted octanol–water partition coefficient (Wildman–Crippen LogP) is 3.38. The van der Waals surface area contributed by atoms with E-state index in [9.17, 15) is 0 Å². The molecule has 0 fully saturated rings. The van der Waals surface area contributed by atoms with Crippen LogP contribution in [0.1, 0.15) is 11.1 Å². The number of hydrogen-bond acceptors (Lipinski definition) is 3. The zero-order chi connectivity index (χ0) is 13.1. The van der Waals surface area contributed by atoms with Gasteiger partial charge in [0.1, 0.15) is 5.82 Å². The topological polar surface area (TPSA) is 51.8 Å². The maximum Gasteiger partial charge on any atom is 0.124 e. The summed E-state index contributed by atoms with van der Waals surface area (Å²) in [5, 5.41) is 1.09. The SMILES string of the molecule is Nc1ccc2cc(/C=C/c3cccnc3)ccc2n1. The molecule has 19 heavy (non-hydrogen) atoms. The molecule has 0 spiro atoms. The van der Waals surface area contributed by atoms with Crippen molar-refractivity contribution in [2.24, 2.45) is 0 Å². The van der Waals surface area contributed by atoms with Gasteiger partial charge in [0.05, 0.1) is 5.52 Å². The predicted molar refractivity (Wildman–Crippen MR) is 79.3 cm³/mol. The van der Waals surface area contributed by atoms with Crippen LogP contribution in [0.3, 0.4) is 0 Å². The molecule has 1 aromatic carbocycles. The van der Waals surface area contributed by atoms with Crippen molar-refractivity contribution in [2.75, 3.05) is 5.73 Å². The second-order valence-corrected chi connectivity index (χ2v) is 4.31. The van der Waals surface area contributed by atoms with Crippen molar-refractivity contribution in [3.8, 4) is 0 Å². The maximum absolute atomic E-state index is 5.66. The Hall–Kier alpha value is -2.68. The highest BCUT2D eigenvalue weighted by molar-refractivity contribution is 5.84. The standard InChI is InChI=1S/C16H13N3/c17-16-8-6-14-10-12(5-7-15(14)19-16)3-4-13-2-1-9-18-11-13/h1-11H,(H2,17,19)/b4-3+. The summed E-state index contributed by atoms with van der Waals surface area (Å²) < 4.78 is 0. The Morgan fingerprint density at radius 2 is 1.84 bits per heavy atom. The second kappa shape index (κ2) is 4.90. The molecule has 0 atom stereocenters. The fraction of sp³-hybridized carbons (Fsp3) is 0. The van der Waals surface area contributed by atoms with Gasteiger partial charge in [-0.2, -0.15) is 0 Å². The Morgan fingerprint density at radius 3 is 2.68 bits per heavy atom. The van der Waals surface area contributed by atoms with Crippen LogP contribution in [-0.4, -0.2) is 9.97 Å². The molecule has 3 aromatic rings. The van der Waals surface area contributed by atoms with E-state index in [-0.39, 0.29) is 0 Å². The molecule has 3 heteroatoms. The molecule has 92 valence electrons. The van der Waals surface area contributed by atoms with Gasteiger partial charge >= 0.3 is 0 Å². The smallest absolute Gasteiger partial charge is 0.124 e. The fourth-order valence-electron chi connectivity index (χ4n) is 1.93. The van der Waals surface area contributed by atoms with Gasteiger partial charge in [-0.15, -0.1) is 0 Å². The van der Waals surface area contributed by atoms with Crippen LogP contribution in [-0.2, 0) is 0 Å². The first-order valence-electron chi connectivity index (χ1n) is 6.06. The quantitative estimate of drug-likeness (QED) is 0.755. The molecule has 2 aromatic heterocycles. The largest absolute Gasteiger partial charge is 0.384 e. The van der Waals surface area contributed by atoms with E-state index in [0.717, 1.165) is 22.0 Å². The lowest BCUT2D eigenvalue weighted by Crippen LogP contribution is -1.89. The van der Waals surface area contributed by atoms with Gasteiger partial charge < -0.3 is 5.73 Å². The third-order valence-electron chi connectivity index (χ3n) is 2.89. The van der Waals surface area contributed by atoms with Crippen LogP contribution in [0.5, 0.6) is 0 Å². The van der Waals surface area contributed by atoms with Gasteiger partial charge in [0, 0.05) is 17.8 Å². The number of nitrogens with zero attached hydrogens (tertiary/aromatic N) is 2. The highest BCUT2D eigenvalue weighted by Gasteiger charge is 1.96. The molecule has 0 saturated heterocycles. The molecule has 0 aliphatic heterocycles. The summed E-state index contributed by atoms with van der Waals surface area (Å²) in [6, 6.07) is 13.8. The molecule has 3 rings (SSSR count). The Kier molecular flexibility index (Phi) is 2.94. The lowest BCUT2D eigenvalue weighted by molar-refractivity contribution is 1.32. The summed E-state index contributed by atoms with van der Waals surface area (Å²) in [7, 11) is 0. The van der Waals surface area contributed by atoms with Crippen molar-refractivity contribution in [3.63, 3.8) is 0 Å². The molecule has 0 unspecified atom stereocenters. The number of aromatic nitrogens is 2. The van der Waals surface area contributed by atoms with E-state index in [4.69, 9.17) is 5.73 Å². The van der Waals surface area contributed by atoms with Gasteiger partial charge in [0.2, 0.25) is 0 Å². The Balaban J connectivity index is 1.94. The van der Waals surface area contributed by atoms with E-state index < -0.39 is 0 Å². The molecule has 2 heterocycles. The van der Waals surface area contributed by atoms with Gasteiger partial charge in [-0.25, -0.2) is 4.98 Å². The normalized spacial score (nSPS) is 11.2. The first kappa shape index (κ1) is 11.4. The number of hydrogen-bond donors (Lipinski definition) is 1. The molecule has 3 nitrogen and oxygen atoms in total. The molecule has 0 saturated carbocycles. The van der Waals surface area contributed by atoms with Gasteiger partial charge in [0.25, 0.3) is 0 Å². The van der Waals surface area contributed by atoms with Crippen molar-refractivity contribution in [2.45, 2.75) is 0 Å². The van der Waals surface area contributed by atoms with E-state index in [1.807, 2.05) is 48.7 Å². The lowest BCUT2D eigenvalue weighted by Gasteiger charge is -2.00. The van der Waals surface area contributed by atoms with Crippen LogP contribution < -0.4 is 5.73 Å². The summed E-state index contributed by atoms with van der Waals surface area (Å²) in [6.45, 7) is 0. The Labute approximate surface area is 111 Å². The number of nitrogens with two attached hydrogens (primary N) is 1.